The minimum absolute atomic E-state index is 0. The van der Waals surface area contributed by atoms with Crippen LogP contribution in [0.25, 0.3) is 0 Å². The van der Waals surface area contributed by atoms with Crippen molar-refractivity contribution in [3.63, 3.8) is 0 Å². The van der Waals surface area contributed by atoms with Crippen molar-refractivity contribution in [2.24, 2.45) is 16.3 Å². The highest BCUT2D eigenvalue weighted by atomic mass is 127. The van der Waals surface area contributed by atoms with Gasteiger partial charge >= 0.3 is 0 Å². The van der Waals surface area contributed by atoms with Gasteiger partial charge in [-0.2, -0.15) is 0 Å². The fraction of sp³-hybridized carbons (Fsp3) is 0.889. The number of hydrogen-bond donors (Lipinski definition) is 2. The molecule has 1 aliphatic carbocycles. The minimum Gasteiger partial charge on any atom is -0.356 e. The summed E-state index contributed by atoms with van der Waals surface area (Å²) in [4.78, 5) is 18.9. The van der Waals surface area contributed by atoms with Crippen LogP contribution >= 0.6 is 24.0 Å². The number of nitrogens with one attached hydrogen (secondary N) is 2. The summed E-state index contributed by atoms with van der Waals surface area (Å²) in [7, 11) is 0. The summed E-state index contributed by atoms with van der Waals surface area (Å²) in [5.41, 5.74) is 0.423. The molecule has 0 unspecified atom stereocenters. The van der Waals surface area contributed by atoms with Gasteiger partial charge in [0.2, 0.25) is 5.91 Å². The number of hydrogen-bond acceptors (Lipinski definition) is 2. The van der Waals surface area contributed by atoms with Crippen LogP contribution in [0, 0.1) is 11.3 Å². The second-order valence-corrected chi connectivity index (χ2v) is 8.04. The maximum absolute atomic E-state index is 11.8. The molecule has 2 fully saturated rings. The molecule has 24 heavy (non-hydrogen) atoms. The van der Waals surface area contributed by atoms with Crippen LogP contribution < -0.4 is 10.6 Å². The Labute approximate surface area is 164 Å². The summed E-state index contributed by atoms with van der Waals surface area (Å²) >= 11 is 0. The Morgan fingerprint density at radius 2 is 1.88 bits per heavy atom. The number of likely N-dealkylation sites (tertiary alicyclic amines) is 1. The van der Waals surface area contributed by atoms with Crippen molar-refractivity contribution in [3.8, 4) is 0 Å². The largest absolute Gasteiger partial charge is 0.356 e. The van der Waals surface area contributed by atoms with Crippen LogP contribution in [0.2, 0.25) is 0 Å². The third-order valence-electron chi connectivity index (χ3n) is 5.85. The first-order chi connectivity index (χ1) is 10.8. The third-order valence-corrected chi connectivity index (χ3v) is 5.85. The maximum atomic E-state index is 11.8. The highest BCUT2D eigenvalue weighted by Crippen LogP contribution is 2.46. The predicted octanol–water partition coefficient (Wildman–Crippen LogP) is 3.00. The van der Waals surface area contributed by atoms with Gasteiger partial charge in [-0.15, -0.1) is 24.0 Å². The number of halogens is 1. The molecule has 1 aliphatic heterocycles. The molecule has 1 heterocycles. The topological polar surface area (TPSA) is 56.7 Å². The van der Waals surface area contributed by atoms with Crippen molar-refractivity contribution in [2.75, 3.05) is 26.2 Å². The zero-order valence-electron chi connectivity index (χ0n) is 15.9. The second-order valence-electron chi connectivity index (χ2n) is 8.04. The zero-order valence-corrected chi connectivity index (χ0v) is 18.3. The highest BCUT2D eigenvalue weighted by Gasteiger charge is 2.53. The van der Waals surface area contributed by atoms with Crippen LogP contribution in [0.15, 0.2) is 4.99 Å². The number of aliphatic imine (C=N–C) groups is 1. The molecule has 0 bridgehead atoms. The van der Waals surface area contributed by atoms with E-state index in [1.807, 2.05) is 0 Å². The van der Waals surface area contributed by atoms with Gasteiger partial charge in [0.1, 0.15) is 0 Å². The summed E-state index contributed by atoms with van der Waals surface area (Å²) in [5.74, 6) is 1.51. The number of rotatable bonds is 6. The molecule has 0 atom stereocenters. The van der Waals surface area contributed by atoms with E-state index in [9.17, 15) is 4.79 Å². The van der Waals surface area contributed by atoms with Gasteiger partial charge in [-0.05, 0) is 40.0 Å². The smallest absolute Gasteiger partial charge is 0.223 e. The molecule has 140 valence electrons. The standard InChI is InChI=1S/C18H34N4O.HI/c1-6-19-16(22-13-17(2,3)18(22,4)5)21-12-8-11-20-15(23)14-9-7-10-14;/h14H,6-13H2,1-5H3,(H,19,21)(H,20,23);1H. The Balaban J connectivity index is 0.00000288. The van der Waals surface area contributed by atoms with Crippen molar-refractivity contribution in [3.05, 3.63) is 0 Å². The van der Waals surface area contributed by atoms with Gasteiger partial charge in [-0.3, -0.25) is 9.79 Å². The normalized spacial score (nSPS) is 22.0. The Bertz CT molecular complexity index is 458. The quantitative estimate of drug-likeness (QED) is 0.283. The van der Waals surface area contributed by atoms with E-state index in [1.54, 1.807) is 0 Å². The van der Waals surface area contributed by atoms with E-state index in [1.165, 1.54) is 6.42 Å². The number of carbonyl (C=O) groups is 1. The van der Waals surface area contributed by atoms with E-state index in [4.69, 9.17) is 4.99 Å². The van der Waals surface area contributed by atoms with Crippen LogP contribution in [-0.4, -0.2) is 48.5 Å². The third kappa shape index (κ3) is 4.55. The molecule has 0 spiro atoms. The van der Waals surface area contributed by atoms with Gasteiger partial charge in [-0.1, -0.05) is 20.3 Å². The molecule has 2 aliphatic rings. The fourth-order valence-corrected chi connectivity index (χ4v) is 3.09. The average Bonchev–Trinajstić information content (AvgIpc) is 2.41. The summed E-state index contributed by atoms with van der Waals surface area (Å²) < 4.78 is 0. The first kappa shape index (κ1) is 21.5. The van der Waals surface area contributed by atoms with Gasteiger partial charge < -0.3 is 15.5 Å². The molecular formula is C18H35IN4O. The van der Waals surface area contributed by atoms with E-state index in [0.29, 0.717) is 5.41 Å². The molecule has 1 saturated carbocycles. The molecule has 0 radical (unpaired) electrons. The van der Waals surface area contributed by atoms with E-state index >= 15 is 0 Å². The molecule has 5 nitrogen and oxygen atoms in total. The molecule has 0 aromatic carbocycles. The molecule has 2 N–H and O–H groups in total. The zero-order chi connectivity index (χ0) is 17.1. The first-order valence-electron chi connectivity index (χ1n) is 9.13. The molecule has 1 amide bonds. The van der Waals surface area contributed by atoms with Crippen molar-refractivity contribution in [2.45, 2.75) is 65.8 Å². The van der Waals surface area contributed by atoms with Gasteiger partial charge in [0, 0.05) is 43.1 Å². The Morgan fingerprint density at radius 1 is 1.21 bits per heavy atom. The lowest BCUT2D eigenvalue weighted by Gasteiger charge is -2.62. The maximum Gasteiger partial charge on any atom is 0.223 e. The molecule has 6 heteroatoms. The molecule has 2 rings (SSSR count). The van der Waals surface area contributed by atoms with Crippen molar-refractivity contribution >= 4 is 35.8 Å². The monoisotopic (exact) mass is 450 g/mol. The van der Waals surface area contributed by atoms with Crippen LogP contribution in [0.3, 0.4) is 0 Å². The van der Waals surface area contributed by atoms with Crippen molar-refractivity contribution < 1.29 is 4.79 Å². The van der Waals surface area contributed by atoms with E-state index in [0.717, 1.165) is 51.4 Å². The van der Waals surface area contributed by atoms with Gasteiger partial charge in [-0.25, -0.2) is 0 Å². The SMILES string of the molecule is CCNC(=NCCCNC(=O)C1CCC1)N1CC(C)(C)C1(C)C.I. The Hall–Kier alpha value is -0.530. The molecule has 0 aromatic heterocycles. The summed E-state index contributed by atoms with van der Waals surface area (Å²) in [6.07, 6.45) is 4.23. The average molecular weight is 450 g/mol. The predicted molar refractivity (Wildman–Crippen MR) is 111 cm³/mol. The molecular weight excluding hydrogens is 415 g/mol. The lowest BCUT2D eigenvalue weighted by Crippen LogP contribution is -2.72. The number of carbonyl (C=O) groups excluding carboxylic acids is 1. The summed E-state index contributed by atoms with van der Waals surface area (Å²) in [6.45, 7) is 14.7. The minimum atomic E-state index is 0. The van der Waals surface area contributed by atoms with Gasteiger partial charge in [0.25, 0.3) is 0 Å². The lowest BCUT2D eigenvalue weighted by atomic mass is 9.65. The Morgan fingerprint density at radius 3 is 2.33 bits per heavy atom. The highest BCUT2D eigenvalue weighted by molar-refractivity contribution is 14.0. The van der Waals surface area contributed by atoms with E-state index < -0.39 is 0 Å². The summed E-state index contributed by atoms with van der Waals surface area (Å²) in [5, 5.41) is 6.44. The van der Waals surface area contributed by atoms with Crippen LogP contribution in [-0.2, 0) is 4.79 Å². The second kappa shape index (κ2) is 8.72. The van der Waals surface area contributed by atoms with Crippen LogP contribution in [0.4, 0.5) is 0 Å². The van der Waals surface area contributed by atoms with E-state index in [2.05, 4.69) is 50.2 Å². The first-order valence-corrected chi connectivity index (χ1v) is 9.13. The molecule has 0 aromatic rings. The van der Waals surface area contributed by atoms with Gasteiger partial charge in [0.05, 0.1) is 0 Å². The number of nitrogens with zero attached hydrogens (tertiary/aromatic N) is 2. The Kier molecular flexibility index (Phi) is 7.81. The van der Waals surface area contributed by atoms with E-state index in [-0.39, 0.29) is 41.3 Å². The molecule has 1 saturated heterocycles. The van der Waals surface area contributed by atoms with Crippen LogP contribution in [0.1, 0.15) is 60.3 Å². The lowest BCUT2D eigenvalue weighted by molar-refractivity contribution is -0.127. The number of amides is 1. The summed E-state index contributed by atoms with van der Waals surface area (Å²) in [6, 6.07) is 0. The fourth-order valence-electron chi connectivity index (χ4n) is 3.09. The number of guanidine groups is 1. The van der Waals surface area contributed by atoms with Crippen molar-refractivity contribution in [1.82, 2.24) is 15.5 Å². The van der Waals surface area contributed by atoms with Crippen LogP contribution in [0.5, 0.6) is 0 Å². The van der Waals surface area contributed by atoms with Gasteiger partial charge in [0.15, 0.2) is 5.96 Å². The van der Waals surface area contributed by atoms with Crippen molar-refractivity contribution in [1.29, 1.82) is 0 Å².